The Morgan fingerprint density at radius 3 is 2.71 bits per heavy atom. The van der Waals surface area contributed by atoms with Gasteiger partial charge in [0.25, 0.3) is 0 Å². The first-order valence-electron chi connectivity index (χ1n) is 7.77. The van der Waals surface area contributed by atoms with Crippen LogP contribution < -0.4 is 5.32 Å². The molecule has 1 aromatic carbocycles. The van der Waals surface area contributed by atoms with Crippen LogP contribution in [0.25, 0.3) is 11.1 Å². The highest BCUT2D eigenvalue weighted by atomic mass is 16.6. The minimum Gasteiger partial charge on any atom is -0.439 e. The zero-order valence-corrected chi connectivity index (χ0v) is 14.2. The van der Waals surface area contributed by atoms with Crippen molar-refractivity contribution in [2.75, 3.05) is 0 Å². The topological polar surface area (TPSA) is 94.0 Å². The summed E-state index contributed by atoms with van der Waals surface area (Å²) in [5.74, 6) is 0.283. The van der Waals surface area contributed by atoms with Crippen molar-refractivity contribution in [3.63, 3.8) is 0 Å². The molecule has 0 fully saturated rings. The maximum absolute atomic E-state index is 11.9. The average molecular weight is 328 g/mol. The van der Waals surface area contributed by atoms with Gasteiger partial charge in [-0.15, -0.1) is 0 Å². The SMILES string of the molecule is Cc1nonc1CC(=O)NCc1nc2cc(C(C)(C)C)ccc2o1. The molecule has 0 radical (unpaired) electrons. The van der Waals surface area contributed by atoms with E-state index in [4.69, 9.17) is 4.42 Å². The summed E-state index contributed by atoms with van der Waals surface area (Å²) in [5.41, 5.74) is 3.88. The summed E-state index contributed by atoms with van der Waals surface area (Å²) in [6, 6.07) is 5.98. The second kappa shape index (κ2) is 6.07. The Labute approximate surface area is 139 Å². The Hall–Kier alpha value is -2.70. The number of nitrogens with zero attached hydrogens (tertiary/aromatic N) is 3. The number of benzene rings is 1. The lowest BCUT2D eigenvalue weighted by molar-refractivity contribution is -0.120. The van der Waals surface area contributed by atoms with Crippen molar-refractivity contribution in [2.45, 2.75) is 46.1 Å². The van der Waals surface area contributed by atoms with E-state index in [1.54, 1.807) is 6.92 Å². The third-order valence-corrected chi connectivity index (χ3v) is 3.81. The molecule has 0 atom stereocenters. The number of oxazole rings is 1. The Morgan fingerprint density at radius 2 is 2.04 bits per heavy atom. The van der Waals surface area contributed by atoms with Crippen LogP contribution in [0.2, 0.25) is 0 Å². The van der Waals surface area contributed by atoms with E-state index in [1.165, 1.54) is 5.56 Å². The fourth-order valence-corrected chi connectivity index (χ4v) is 2.32. The number of aryl methyl sites for hydroxylation is 1. The zero-order chi connectivity index (χ0) is 17.3. The van der Waals surface area contributed by atoms with Gasteiger partial charge in [-0.2, -0.15) is 0 Å². The number of hydrogen-bond donors (Lipinski definition) is 1. The normalized spacial score (nSPS) is 11.8. The second-order valence-corrected chi connectivity index (χ2v) is 6.79. The molecule has 7 nitrogen and oxygen atoms in total. The molecule has 0 unspecified atom stereocenters. The maximum atomic E-state index is 11.9. The van der Waals surface area contributed by atoms with Crippen molar-refractivity contribution in [3.05, 3.63) is 41.0 Å². The molecule has 2 heterocycles. The number of nitrogens with one attached hydrogen (secondary N) is 1. The van der Waals surface area contributed by atoms with Crippen molar-refractivity contribution in [1.29, 1.82) is 0 Å². The summed E-state index contributed by atoms with van der Waals surface area (Å²) in [7, 11) is 0. The highest BCUT2D eigenvalue weighted by molar-refractivity contribution is 5.78. The van der Waals surface area contributed by atoms with Gasteiger partial charge in [0, 0.05) is 0 Å². The van der Waals surface area contributed by atoms with E-state index >= 15 is 0 Å². The van der Waals surface area contributed by atoms with Crippen molar-refractivity contribution in [2.24, 2.45) is 0 Å². The van der Waals surface area contributed by atoms with Crippen LogP contribution in [0.15, 0.2) is 27.2 Å². The first-order valence-corrected chi connectivity index (χ1v) is 7.77. The molecule has 3 rings (SSSR count). The number of carbonyl (C=O) groups is 1. The molecular weight excluding hydrogens is 308 g/mol. The first kappa shape index (κ1) is 16.2. The number of fused-ring (bicyclic) bond motifs is 1. The number of aromatic nitrogens is 3. The van der Waals surface area contributed by atoms with Gasteiger partial charge in [0.1, 0.15) is 16.9 Å². The fraction of sp³-hybridized carbons (Fsp3) is 0.412. The average Bonchev–Trinajstić information content (AvgIpc) is 3.09. The van der Waals surface area contributed by atoms with E-state index in [1.807, 2.05) is 18.2 Å². The van der Waals surface area contributed by atoms with Crippen LogP contribution >= 0.6 is 0 Å². The monoisotopic (exact) mass is 328 g/mol. The lowest BCUT2D eigenvalue weighted by atomic mass is 9.87. The molecule has 0 saturated carbocycles. The van der Waals surface area contributed by atoms with Crippen LogP contribution in [0.3, 0.4) is 0 Å². The van der Waals surface area contributed by atoms with E-state index in [0.717, 1.165) is 5.52 Å². The van der Waals surface area contributed by atoms with Gasteiger partial charge in [-0.1, -0.05) is 37.2 Å². The molecule has 2 aromatic heterocycles. The van der Waals surface area contributed by atoms with Gasteiger partial charge in [-0.3, -0.25) is 4.79 Å². The number of amides is 1. The molecule has 0 aliphatic heterocycles. The summed E-state index contributed by atoms with van der Waals surface area (Å²) in [6.45, 7) is 8.41. The number of hydrogen-bond acceptors (Lipinski definition) is 6. The quantitative estimate of drug-likeness (QED) is 0.791. The summed E-state index contributed by atoms with van der Waals surface area (Å²) >= 11 is 0. The summed E-state index contributed by atoms with van der Waals surface area (Å²) in [6.07, 6.45) is 0.115. The standard InChI is InChI=1S/C17H20N4O3/c1-10-12(21-24-20-10)8-15(22)18-9-16-19-13-7-11(17(2,3)4)5-6-14(13)23-16/h5-7H,8-9H2,1-4H3,(H,18,22). The highest BCUT2D eigenvalue weighted by Gasteiger charge is 2.16. The summed E-state index contributed by atoms with van der Waals surface area (Å²) in [5, 5.41) is 10.1. The molecule has 1 amide bonds. The van der Waals surface area contributed by atoms with Crippen LogP contribution in [-0.2, 0) is 23.2 Å². The van der Waals surface area contributed by atoms with E-state index < -0.39 is 0 Å². The Morgan fingerprint density at radius 1 is 1.25 bits per heavy atom. The van der Waals surface area contributed by atoms with E-state index in [-0.39, 0.29) is 24.3 Å². The largest absolute Gasteiger partial charge is 0.439 e. The van der Waals surface area contributed by atoms with Gasteiger partial charge in [-0.05, 0) is 30.0 Å². The number of carbonyl (C=O) groups excluding carboxylic acids is 1. The van der Waals surface area contributed by atoms with E-state index in [2.05, 4.69) is 46.0 Å². The van der Waals surface area contributed by atoms with Crippen LogP contribution in [0.1, 0.15) is 43.6 Å². The molecule has 7 heteroatoms. The molecule has 0 saturated heterocycles. The summed E-state index contributed by atoms with van der Waals surface area (Å²) in [4.78, 5) is 16.4. The molecule has 0 spiro atoms. The lowest BCUT2D eigenvalue weighted by Gasteiger charge is -2.18. The molecule has 3 aromatic rings. The molecule has 0 bridgehead atoms. The molecule has 24 heavy (non-hydrogen) atoms. The third-order valence-electron chi connectivity index (χ3n) is 3.81. The first-order chi connectivity index (χ1) is 11.3. The lowest BCUT2D eigenvalue weighted by Crippen LogP contribution is -2.25. The van der Waals surface area contributed by atoms with Crippen molar-refractivity contribution >= 4 is 17.0 Å². The zero-order valence-electron chi connectivity index (χ0n) is 14.2. The van der Waals surface area contributed by atoms with Crippen LogP contribution in [0.4, 0.5) is 0 Å². The molecule has 1 N–H and O–H groups in total. The second-order valence-electron chi connectivity index (χ2n) is 6.79. The molecule has 0 aliphatic rings. The highest BCUT2D eigenvalue weighted by Crippen LogP contribution is 2.26. The van der Waals surface area contributed by atoms with E-state index in [9.17, 15) is 4.79 Å². The Balaban J connectivity index is 1.67. The Kier molecular flexibility index (Phi) is 4.09. The minimum absolute atomic E-state index is 0.0466. The van der Waals surface area contributed by atoms with Crippen molar-refractivity contribution in [1.82, 2.24) is 20.6 Å². The van der Waals surface area contributed by atoms with E-state index in [0.29, 0.717) is 22.9 Å². The van der Waals surface area contributed by atoms with Gasteiger partial charge in [0.15, 0.2) is 5.58 Å². The number of rotatable bonds is 4. The van der Waals surface area contributed by atoms with Crippen LogP contribution in [0, 0.1) is 6.92 Å². The molecular formula is C17H20N4O3. The third kappa shape index (κ3) is 3.45. The minimum atomic E-state index is -0.188. The van der Waals surface area contributed by atoms with Gasteiger partial charge in [0.05, 0.1) is 13.0 Å². The smallest absolute Gasteiger partial charge is 0.226 e. The van der Waals surface area contributed by atoms with Crippen molar-refractivity contribution < 1.29 is 13.8 Å². The predicted molar refractivity (Wildman–Crippen MR) is 87.3 cm³/mol. The molecule has 0 aliphatic carbocycles. The maximum Gasteiger partial charge on any atom is 0.226 e. The van der Waals surface area contributed by atoms with Gasteiger partial charge in [-0.25, -0.2) is 9.61 Å². The van der Waals surface area contributed by atoms with Gasteiger partial charge >= 0.3 is 0 Å². The van der Waals surface area contributed by atoms with Crippen LogP contribution in [-0.4, -0.2) is 21.2 Å². The van der Waals surface area contributed by atoms with Gasteiger partial charge in [0.2, 0.25) is 11.8 Å². The van der Waals surface area contributed by atoms with Crippen LogP contribution in [0.5, 0.6) is 0 Å². The predicted octanol–water partition coefficient (Wildman–Crippen LogP) is 2.68. The molecule has 126 valence electrons. The van der Waals surface area contributed by atoms with Gasteiger partial charge < -0.3 is 9.73 Å². The fourth-order valence-electron chi connectivity index (χ4n) is 2.32. The Bertz CT molecular complexity index is 873. The van der Waals surface area contributed by atoms with Crippen molar-refractivity contribution in [3.8, 4) is 0 Å². The summed E-state index contributed by atoms with van der Waals surface area (Å²) < 4.78 is 10.2.